The van der Waals surface area contributed by atoms with Gasteiger partial charge in [-0.15, -0.1) is 0 Å². The van der Waals surface area contributed by atoms with E-state index in [-0.39, 0.29) is 6.42 Å². The molecule has 2 aliphatic heterocycles. The van der Waals surface area contributed by atoms with Crippen molar-refractivity contribution >= 4 is 35.5 Å². The first kappa shape index (κ1) is 40.6. The molecule has 0 aromatic rings. The Hall–Kier alpha value is -3.54. The van der Waals surface area contributed by atoms with E-state index in [1.807, 2.05) is 0 Å². The van der Waals surface area contributed by atoms with Crippen LogP contribution in [-0.2, 0) is 47.7 Å². The van der Waals surface area contributed by atoms with E-state index in [0.717, 1.165) is 13.8 Å². The zero-order valence-corrected chi connectivity index (χ0v) is 26.7. The summed E-state index contributed by atoms with van der Waals surface area (Å²) >= 11 is 0. The molecule has 274 valence electrons. The van der Waals surface area contributed by atoms with Crippen molar-refractivity contribution in [3.8, 4) is 0 Å². The number of aliphatic hydroxyl groups excluding tert-OH is 5. The van der Waals surface area contributed by atoms with Crippen LogP contribution < -0.4 is 27.0 Å². The number of nitrogens with two attached hydrogens (primary N) is 1. The van der Waals surface area contributed by atoms with Gasteiger partial charge in [-0.25, -0.2) is 0 Å². The Bertz CT molecular complexity index is 1160. The number of rotatable bonds is 16. The van der Waals surface area contributed by atoms with E-state index in [9.17, 15) is 54.3 Å². The predicted octanol–water partition coefficient (Wildman–Crippen LogP) is -6.36. The maximum atomic E-state index is 13.1. The number of carbonyl (C=O) groups is 6. The van der Waals surface area contributed by atoms with E-state index in [0.29, 0.717) is 0 Å². The number of carboxylic acids is 1. The third kappa shape index (κ3) is 11.0. The first-order chi connectivity index (χ1) is 22.4. The van der Waals surface area contributed by atoms with Gasteiger partial charge in [-0.05, 0) is 20.3 Å². The van der Waals surface area contributed by atoms with E-state index >= 15 is 0 Å². The topological polar surface area (TPSA) is 335 Å². The van der Waals surface area contributed by atoms with Gasteiger partial charge in [0.25, 0.3) is 0 Å². The smallest absolute Gasteiger partial charge is 0.303 e. The second kappa shape index (κ2) is 18.3. The molecule has 2 aliphatic rings. The molecule has 0 aliphatic carbocycles. The van der Waals surface area contributed by atoms with Gasteiger partial charge in [-0.3, -0.25) is 28.8 Å². The van der Waals surface area contributed by atoms with E-state index < -0.39 is 135 Å². The highest BCUT2D eigenvalue weighted by molar-refractivity contribution is 5.92. The molecule has 2 rings (SSSR count). The van der Waals surface area contributed by atoms with Gasteiger partial charge in [-0.1, -0.05) is 0 Å². The number of amides is 5. The third-order valence-corrected chi connectivity index (χ3v) is 7.55. The lowest BCUT2D eigenvalue weighted by Crippen LogP contribution is -2.70. The highest BCUT2D eigenvalue weighted by Gasteiger charge is 2.52. The molecule has 12 N–H and O–H groups in total. The van der Waals surface area contributed by atoms with Crippen LogP contribution in [0.5, 0.6) is 0 Å². The van der Waals surface area contributed by atoms with Crippen LogP contribution in [0.3, 0.4) is 0 Å². The number of carboxylic acid groups (broad SMARTS) is 1. The number of primary amides is 1. The Morgan fingerprint density at radius 1 is 0.812 bits per heavy atom. The fourth-order valence-corrected chi connectivity index (χ4v) is 5.07. The van der Waals surface area contributed by atoms with Crippen molar-refractivity contribution < 1.29 is 78.4 Å². The molecule has 13 atom stereocenters. The van der Waals surface area contributed by atoms with Crippen LogP contribution in [0, 0.1) is 0 Å². The monoisotopic (exact) mass is 695 g/mol. The molecule has 2 fully saturated rings. The van der Waals surface area contributed by atoms with Gasteiger partial charge in [0.2, 0.25) is 29.5 Å². The van der Waals surface area contributed by atoms with Gasteiger partial charge >= 0.3 is 5.97 Å². The first-order valence-electron chi connectivity index (χ1n) is 15.0. The summed E-state index contributed by atoms with van der Waals surface area (Å²) in [5, 5.41) is 69.8. The van der Waals surface area contributed by atoms with E-state index in [1.165, 1.54) is 13.8 Å². The van der Waals surface area contributed by atoms with Crippen LogP contribution in [-0.4, -0.2) is 159 Å². The van der Waals surface area contributed by atoms with Crippen molar-refractivity contribution in [1.82, 2.24) is 21.3 Å². The van der Waals surface area contributed by atoms with Crippen molar-refractivity contribution in [3.05, 3.63) is 0 Å². The molecule has 0 spiro atoms. The number of hydrogen-bond donors (Lipinski definition) is 11. The summed E-state index contributed by atoms with van der Waals surface area (Å²) in [6.45, 7) is 3.07. The molecule has 0 saturated carbocycles. The molecule has 2 heterocycles. The van der Waals surface area contributed by atoms with Gasteiger partial charge in [0.15, 0.2) is 12.6 Å². The van der Waals surface area contributed by atoms with Crippen molar-refractivity contribution in [2.45, 2.75) is 120 Å². The zero-order valence-electron chi connectivity index (χ0n) is 26.7. The minimum absolute atomic E-state index is 0.302. The number of aliphatic carboxylic acids is 1. The number of aliphatic hydroxyl groups is 5. The number of carbonyl (C=O) groups excluding carboxylic acids is 5. The summed E-state index contributed by atoms with van der Waals surface area (Å²) in [5.41, 5.74) is 5.24. The first-order valence-corrected chi connectivity index (χ1v) is 15.0. The summed E-state index contributed by atoms with van der Waals surface area (Å²) in [7, 11) is 0. The van der Waals surface area contributed by atoms with E-state index in [2.05, 4.69) is 21.3 Å². The molecule has 21 heteroatoms. The Morgan fingerprint density at radius 2 is 1.40 bits per heavy atom. The molecule has 21 nitrogen and oxygen atoms in total. The fourth-order valence-electron chi connectivity index (χ4n) is 5.07. The average Bonchev–Trinajstić information content (AvgIpc) is 3.00. The summed E-state index contributed by atoms with van der Waals surface area (Å²) in [4.78, 5) is 72.3. The van der Waals surface area contributed by atoms with Gasteiger partial charge in [-0.2, -0.15) is 0 Å². The maximum absolute atomic E-state index is 13.1. The van der Waals surface area contributed by atoms with E-state index in [1.54, 1.807) is 0 Å². The van der Waals surface area contributed by atoms with Crippen molar-refractivity contribution in [2.75, 3.05) is 13.2 Å². The lowest BCUT2D eigenvalue weighted by atomic mass is 9.94. The molecular formula is C27H45N5O16. The SMILES string of the molecule is CC(=O)N[C@H]1[C@H](O[C@H]2[C@H](O[C@H](C)C(=O)N[C@@H](C)C(=O)N[C@H](CCC(=O)O)C(N)=O)[C@@H](NC(C)=O)C(O)O[C@@H]2CO)O[C@H](CO)[C@@H](O)[C@@H]1O. The molecule has 48 heavy (non-hydrogen) atoms. The van der Waals surface area contributed by atoms with Gasteiger partial charge in [0.05, 0.1) is 13.2 Å². The molecule has 0 aromatic carbocycles. The lowest BCUT2D eigenvalue weighted by molar-refractivity contribution is -0.333. The molecule has 0 bridgehead atoms. The Morgan fingerprint density at radius 3 is 1.92 bits per heavy atom. The second-order valence-corrected chi connectivity index (χ2v) is 11.4. The standard InChI is InChI=1S/C27H45N5O16/c1-9(24(42)32-13(23(28)41)5-6-16(37)38)29-25(43)10(2)45-22-18(31-12(4)36)26(44)46-15(8-34)21(22)48-27-17(30-11(3)35)20(40)19(39)14(7-33)47-27/h9-10,13-15,17-22,26-27,33-34,39-40,44H,5-8H2,1-4H3,(H2,28,41)(H,29,43)(H,30,35)(H,31,36)(H,32,42)(H,37,38)/t9-,10+,13+,14+,15+,17+,18+,19+,20+,21+,22+,26?,27-/m0/s1. The molecule has 1 unspecified atom stereocenters. The summed E-state index contributed by atoms with van der Waals surface area (Å²) in [6, 6.07) is -5.57. The fraction of sp³-hybridized carbons (Fsp3) is 0.778. The van der Waals surface area contributed by atoms with Crippen LogP contribution in [0.15, 0.2) is 0 Å². The van der Waals surface area contributed by atoms with Gasteiger partial charge in [0, 0.05) is 20.3 Å². The average molecular weight is 696 g/mol. The minimum Gasteiger partial charge on any atom is -0.481 e. The molecule has 5 amide bonds. The number of hydrogen-bond acceptors (Lipinski definition) is 15. The largest absolute Gasteiger partial charge is 0.481 e. The lowest BCUT2D eigenvalue weighted by Gasteiger charge is -2.48. The van der Waals surface area contributed by atoms with Crippen LogP contribution in [0.2, 0.25) is 0 Å². The summed E-state index contributed by atoms with van der Waals surface area (Å²) in [5.74, 6) is -5.40. The van der Waals surface area contributed by atoms with Crippen LogP contribution in [0.1, 0.15) is 40.5 Å². The summed E-state index contributed by atoms with van der Waals surface area (Å²) < 4.78 is 23.0. The highest BCUT2D eigenvalue weighted by Crippen LogP contribution is 2.31. The molecule has 0 radical (unpaired) electrons. The number of ether oxygens (including phenoxy) is 4. The predicted molar refractivity (Wildman–Crippen MR) is 156 cm³/mol. The molecular weight excluding hydrogens is 650 g/mol. The van der Waals surface area contributed by atoms with Crippen LogP contribution >= 0.6 is 0 Å². The quantitative estimate of drug-likeness (QED) is 0.0715. The molecule has 0 aromatic heterocycles. The Labute approximate surface area is 274 Å². The zero-order chi connectivity index (χ0) is 36.5. The van der Waals surface area contributed by atoms with Crippen molar-refractivity contribution in [3.63, 3.8) is 0 Å². The Balaban J connectivity index is 2.34. The Kier molecular flexibility index (Phi) is 15.5. The van der Waals surface area contributed by atoms with Gasteiger partial charge < -0.3 is 76.6 Å². The van der Waals surface area contributed by atoms with Crippen LogP contribution in [0.25, 0.3) is 0 Å². The van der Waals surface area contributed by atoms with E-state index in [4.69, 9.17) is 29.8 Å². The highest BCUT2D eigenvalue weighted by atomic mass is 16.7. The molecule has 2 saturated heterocycles. The van der Waals surface area contributed by atoms with Crippen molar-refractivity contribution in [2.24, 2.45) is 5.73 Å². The maximum Gasteiger partial charge on any atom is 0.303 e. The minimum atomic E-state index is -1.83. The van der Waals surface area contributed by atoms with Crippen molar-refractivity contribution in [1.29, 1.82) is 0 Å². The van der Waals surface area contributed by atoms with Crippen LogP contribution in [0.4, 0.5) is 0 Å². The number of nitrogens with one attached hydrogen (secondary N) is 4. The summed E-state index contributed by atoms with van der Waals surface area (Å²) in [6.07, 6.45) is -15.1. The third-order valence-electron chi connectivity index (χ3n) is 7.55. The second-order valence-electron chi connectivity index (χ2n) is 11.4. The van der Waals surface area contributed by atoms with Gasteiger partial charge in [0.1, 0.15) is 66.9 Å². The normalized spacial score (nSPS) is 32.2.